The second-order valence-electron chi connectivity index (χ2n) is 2.90. The molecule has 14 heavy (non-hydrogen) atoms. The molecule has 0 radical (unpaired) electrons. The van der Waals surface area contributed by atoms with Gasteiger partial charge in [0.1, 0.15) is 0 Å². The number of carbonyl (C=O) groups is 1. The monoisotopic (exact) mass is 210 g/mol. The zero-order valence-corrected chi connectivity index (χ0v) is 8.67. The summed E-state index contributed by atoms with van der Waals surface area (Å²) < 4.78 is 4.54. The van der Waals surface area contributed by atoms with E-state index in [0.29, 0.717) is 17.0 Å². The predicted molar refractivity (Wildman–Crippen MR) is 56.3 cm³/mol. The third-order valence-corrected chi connectivity index (χ3v) is 2.02. The number of methoxy groups -OCH3 is 1. The van der Waals surface area contributed by atoms with Crippen molar-refractivity contribution in [3.05, 3.63) is 47.0 Å². The van der Waals surface area contributed by atoms with Gasteiger partial charge in [-0.1, -0.05) is 30.3 Å². The van der Waals surface area contributed by atoms with Gasteiger partial charge in [-0.05, 0) is 17.7 Å². The number of hydrogen-bond acceptors (Lipinski definition) is 2. The summed E-state index contributed by atoms with van der Waals surface area (Å²) in [7, 11) is 1.34. The highest BCUT2D eigenvalue weighted by atomic mass is 35.5. The second-order valence-corrected chi connectivity index (χ2v) is 3.34. The summed E-state index contributed by atoms with van der Waals surface area (Å²) in [5.74, 6) is -0.384. The summed E-state index contributed by atoms with van der Waals surface area (Å²) >= 11 is 5.80. The largest absolute Gasteiger partial charge is 0.466 e. The molecule has 0 saturated heterocycles. The molecule has 0 aromatic heterocycles. The van der Waals surface area contributed by atoms with Crippen molar-refractivity contribution >= 4 is 17.6 Å². The van der Waals surface area contributed by atoms with Gasteiger partial charge in [0.25, 0.3) is 0 Å². The Bertz CT molecular complexity index is 358. The van der Waals surface area contributed by atoms with E-state index in [2.05, 4.69) is 11.3 Å². The second kappa shape index (κ2) is 4.82. The number of hydrogen-bond donors (Lipinski definition) is 0. The van der Waals surface area contributed by atoms with Crippen LogP contribution in [-0.2, 0) is 16.0 Å². The molecule has 0 aliphatic rings. The lowest BCUT2D eigenvalue weighted by Gasteiger charge is -2.03. The molecule has 74 valence electrons. The first-order valence-electron chi connectivity index (χ1n) is 4.14. The molecule has 1 aromatic carbocycles. The van der Waals surface area contributed by atoms with E-state index in [1.807, 2.05) is 12.1 Å². The molecule has 0 unspecified atom stereocenters. The third kappa shape index (κ3) is 2.89. The molecule has 0 amide bonds. The topological polar surface area (TPSA) is 26.3 Å². The van der Waals surface area contributed by atoms with Crippen molar-refractivity contribution in [2.75, 3.05) is 7.11 Å². The molecule has 0 N–H and O–H groups in total. The van der Waals surface area contributed by atoms with Crippen LogP contribution in [0.3, 0.4) is 0 Å². The summed E-state index contributed by atoms with van der Waals surface area (Å²) in [6.07, 6.45) is 0.466. The fraction of sp³-hybridized carbons (Fsp3) is 0.182. The van der Waals surface area contributed by atoms with Gasteiger partial charge in [0.2, 0.25) is 0 Å². The molecule has 0 aliphatic carbocycles. The quantitative estimate of drug-likeness (QED) is 0.566. The summed E-state index contributed by atoms with van der Waals surface area (Å²) in [5.41, 5.74) is 1.38. The fourth-order valence-corrected chi connectivity index (χ4v) is 1.32. The maximum absolute atomic E-state index is 11.0. The van der Waals surface area contributed by atoms with Crippen LogP contribution in [0.25, 0.3) is 0 Å². The van der Waals surface area contributed by atoms with Crippen molar-refractivity contribution < 1.29 is 9.53 Å². The van der Waals surface area contributed by atoms with E-state index in [4.69, 9.17) is 11.6 Å². The van der Waals surface area contributed by atoms with Gasteiger partial charge in [0.15, 0.2) is 0 Å². The molecule has 2 nitrogen and oxygen atoms in total. The third-order valence-electron chi connectivity index (χ3n) is 1.78. The molecule has 0 atom stereocenters. The summed E-state index contributed by atoms with van der Waals surface area (Å²) in [4.78, 5) is 11.0. The number of ether oxygens (including phenoxy) is 1. The Morgan fingerprint density at radius 1 is 1.57 bits per heavy atom. The van der Waals surface area contributed by atoms with Crippen LogP contribution >= 0.6 is 11.6 Å². The smallest absolute Gasteiger partial charge is 0.333 e. The van der Waals surface area contributed by atoms with Crippen LogP contribution in [0.2, 0.25) is 5.02 Å². The molecule has 0 saturated carbocycles. The highest BCUT2D eigenvalue weighted by Crippen LogP contribution is 2.13. The Labute approximate surface area is 88.1 Å². The van der Waals surface area contributed by atoms with Gasteiger partial charge in [-0.15, -0.1) is 0 Å². The van der Waals surface area contributed by atoms with E-state index >= 15 is 0 Å². The Morgan fingerprint density at radius 3 is 2.86 bits per heavy atom. The van der Waals surface area contributed by atoms with E-state index in [1.54, 1.807) is 12.1 Å². The normalized spacial score (nSPS) is 9.57. The van der Waals surface area contributed by atoms with Crippen molar-refractivity contribution in [2.45, 2.75) is 6.42 Å². The van der Waals surface area contributed by atoms with Crippen molar-refractivity contribution in [3.63, 3.8) is 0 Å². The summed E-state index contributed by atoms with van der Waals surface area (Å²) in [6, 6.07) is 7.31. The van der Waals surface area contributed by atoms with E-state index < -0.39 is 0 Å². The number of rotatable bonds is 3. The van der Waals surface area contributed by atoms with Crippen molar-refractivity contribution in [1.82, 2.24) is 0 Å². The van der Waals surface area contributed by atoms with Gasteiger partial charge in [-0.25, -0.2) is 4.79 Å². The van der Waals surface area contributed by atoms with Crippen LogP contribution in [0.1, 0.15) is 5.56 Å². The fourth-order valence-electron chi connectivity index (χ4n) is 1.11. The SMILES string of the molecule is C=C(Cc1cccc(Cl)c1)C(=O)OC. The van der Waals surface area contributed by atoms with Gasteiger partial charge < -0.3 is 4.74 Å². The summed E-state index contributed by atoms with van der Waals surface area (Å²) in [6.45, 7) is 3.63. The van der Waals surface area contributed by atoms with Gasteiger partial charge >= 0.3 is 5.97 Å². The Kier molecular flexibility index (Phi) is 3.72. The minimum absolute atomic E-state index is 0.384. The van der Waals surface area contributed by atoms with Crippen molar-refractivity contribution in [3.8, 4) is 0 Å². The number of esters is 1. The van der Waals surface area contributed by atoms with Gasteiger partial charge in [0.05, 0.1) is 7.11 Å². The van der Waals surface area contributed by atoms with Gasteiger partial charge in [-0.3, -0.25) is 0 Å². The minimum atomic E-state index is -0.384. The van der Waals surface area contributed by atoms with Crippen LogP contribution in [0.5, 0.6) is 0 Å². The molecule has 1 rings (SSSR count). The highest BCUT2D eigenvalue weighted by molar-refractivity contribution is 6.30. The molecule has 0 aliphatic heterocycles. The standard InChI is InChI=1S/C11H11ClO2/c1-8(11(13)14-2)6-9-4-3-5-10(12)7-9/h3-5,7H,1,6H2,2H3. The molecule has 0 heterocycles. The molecule has 0 bridgehead atoms. The maximum Gasteiger partial charge on any atom is 0.333 e. The zero-order chi connectivity index (χ0) is 10.6. The predicted octanol–water partition coefficient (Wildman–Crippen LogP) is 2.61. The van der Waals surface area contributed by atoms with Gasteiger partial charge in [-0.2, -0.15) is 0 Å². The lowest BCUT2D eigenvalue weighted by atomic mass is 10.1. The number of benzene rings is 1. The average molecular weight is 211 g/mol. The summed E-state index contributed by atoms with van der Waals surface area (Å²) in [5, 5.41) is 0.653. The van der Waals surface area contributed by atoms with E-state index in [0.717, 1.165) is 5.56 Å². The van der Waals surface area contributed by atoms with Crippen LogP contribution < -0.4 is 0 Å². The first kappa shape index (κ1) is 10.8. The van der Waals surface area contributed by atoms with E-state index in [1.165, 1.54) is 7.11 Å². The van der Waals surface area contributed by atoms with Crippen LogP contribution in [0.15, 0.2) is 36.4 Å². The minimum Gasteiger partial charge on any atom is -0.466 e. The molecular weight excluding hydrogens is 200 g/mol. The van der Waals surface area contributed by atoms with Crippen LogP contribution in [0.4, 0.5) is 0 Å². The van der Waals surface area contributed by atoms with Gasteiger partial charge in [0, 0.05) is 17.0 Å². The van der Waals surface area contributed by atoms with Crippen LogP contribution in [0, 0.1) is 0 Å². The number of halogens is 1. The first-order chi connectivity index (χ1) is 6.63. The lowest BCUT2D eigenvalue weighted by Crippen LogP contribution is -2.05. The van der Waals surface area contributed by atoms with E-state index in [-0.39, 0.29) is 5.97 Å². The average Bonchev–Trinajstić information content (AvgIpc) is 2.16. The molecule has 1 aromatic rings. The molecular formula is C11H11ClO2. The Balaban J connectivity index is 2.70. The lowest BCUT2D eigenvalue weighted by molar-refractivity contribution is -0.136. The molecule has 0 fully saturated rings. The highest BCUT2D eigenvalue weighted by Gasteiger charge is 2.07. The maximum atomic E-state index is 11.0. The Hall–Kier alpha value is -1.28. The first-order valence-corrected chi connectivity index (χ1v) is 4.52. The van der Waals surface area contributed by atoms with E-state index in [9.17, 15) is 4.79 Å². The van der Waals surface area contributed by atoms with Crippen LogP contribution in [-0.4, -0.2) is 13.1 Å². The van der Waals surface area contributed by atoms with Crippen molar-refractivity contribution in [1.29, 1.82) is 0 Å². The Morgan fingerprint density at radius 2 is 2.29 bits per heavy atom. The molecule has 0 spiro atoms. The number of carbonyl (C=O) groups excluding carboxylic acids is 1. The molecule has 3 heteroatoms. The van der Waals surface area contributed by atoms with Crippen molar-refractivity contribution in [2.24, 2.45) is 0 Å². The zero-order valence-electron chi connectivity index (χ0n) is 7.92.